The number of nitrogens with zero attached hydrogens (tertiary/aromatic N) is 3. The van der Waals surface area contributed by atoms with Crippen molar-refractivity contribution in [1.82, 2.24) is 0 Å². The van der Waals surface area contributed by atoms with E-state index >= 15 is 0 Å². The lowest BCUT2D eigenvalue weighted by Crippen LogP contribution is -2.41. The van der Waals surface area contributed by atoms with E-state index in [9.17, 15) is 10.3 Å². The monoisotopic (exact) mass is 529 g/mol. The van der Waals surface area contributed by atoms with Gasteiger partial charge in [0.1, 0.15) is 6.10 Å². The molecule has 0 saturated heterocycles. The lowest BCUT2D eigenvalue weighted by molar-refractivity contribution is -0.140. The standard InChI is InChI=1S/C31H35N3O5/c1-36-30(35)20-12-11-19-29(38-22-26-15-7-3-8-16-26)31(39-23-27-17-9-4-10-18-27)28(33-34-32)24-37-21-25-13-5-2-6-14-25/h2-11,13-19,28-29,31H,12,20-24H2,1H3/b19-11+/t28-,29-,31-/m1/s1. The number of azide groups is 1. The molecule has 0 aliphatic rings. The van der Waals surface area contributed by atoms with Crippen molar-refractivity contribution in [1.29, 1.82) is 0 Å². The number of benzene rings is 3. The van der Waals surface area contributed by atoms with Gasteiger partial charge in [-0.25, -0.2) is 0 Å². The molecule has 39 heavy (non-hydrogen) atoms. The van der Waals surface area contributed by atoms with E-state index < -0.39 is 18.2 Å². The highest BCUT2D eigenvalue weighted by atomic mass is 16.5. The van der Waals surface area contributed by atoms with Gasteiger partial charge in [-0.05, 0) is 28.6 Å². The summed E-state index contributed by atoms with van der Waals surface area (Å²) in [6.07, 6.45) is 3.20. The summed E-state index contributed by atoms with van der Waals surface area (Å²) in [7, 11) is 1.37. The molecule has 0 aliphatic heterocycles. The predicted octanol–water partition coefficient (Wildman–Crippen LogP) is 6.56. The molecule has 0 aliphatic carbocycles. The zero-order valence-electron chi connectivity index (χ0n) is 22.2. The molecule has 3 atom stereocenters. The van der Waals surface area contributed by atoms with Crippen molar-refractivity contribution in [2.24, 2.45) is 5.11 Å². The van der Waals surface area contributed by atoms with Gasteiger partial charge < -0.3 is 18.9 Å². The van der Waals surface area contributed by atoms with Crippen LogP contribution in [0.1, 0.15) is 29.5 Å². The first-order valence-corrected chi connectivity index (χ1v) is 12.9. The summed E-state index contributed by atoms with van der Waals surface area (Å²) >= 11 is 0. The molecular weight excluding hydrogens is 494 g/mol. The van der Waals surface area contributed by atoms with Crippen LogP contribution in [0.2, 0.25) is 0 Å². The van der Waals surface area contributed by atoms with E-state index in [1.54, 1.807) is 0 Å². The molecule has 8 heteroatoms. The van der Waals surface area contributed by atoms with E-state index in [2.05, 4.69) is 10.0 Å². The van der Waals surface area contributed by atoms with E-state index in [4.69, 9.17) is 18.9 Å². The summed E-state index contributed by atoms with van der Waals surface area (Å²) in [5.74, 6) is -0.292. The number of rotatable bonds is 17. The summed E-state index contributed by atoms with van der Waals surface area (Å²) in [5.41, 5.74) is 12.4. The van der Waals surface area contributed by atoms with Crippen LogP contribution in [0.4, 0.5) is 0 Å². The minimum Gasteiger partial charge on any atom is -0.469 e. The van der Waals surface area contributed by atoms with Crippen LogP contribution in [0.25, 0.3) is 10.4 Å². The average molecular weight is 530 g/mol. The SMILES string of the molecule is COC(=O)CC/C=C/[C@@H](OCc1ccccc1)[C@H](OCc1ccccc1)[C@@H](COCc1ccccc1)N=[N+]=[N-]. The first kappa shape index (κ1) is 29.6. The van der Waals surface area contributed by atoms with Crippen molar-refractivity contribution in [3.8, 4) is 0 Å². The Morgan fingerprint density at radius 2 is 1.38 bits per heavy atom. The molecule has 8 nitrogen and oxygen atoms in total. The largest absolute Gasteiger partial charge is 0.469 e. The van der Waals surface area contributed by atoms with Gasteiger partial charge in [0.25, 0.3) is 0 Å². The molecule has 0 spiro atoms. The number of methoxy groups -OCH3 is 1. The van der Waals surface area contributed by atoms with Gasteiger partial charge >= 0.3 is 5.97 Å². The second kappa shape index (κ2) is 17.5. The zero-order valence-corrected chi connectivity index (χ0v) is 22.2. The highest BCUT2D eigenvalue weighted by Crippen LogP contribution is 2.20. The molecule has 3 aromatic carbocycles. The van der Waals surface area contributed by atoms with Gasteiger partial charge in [-0.15, -0.1) is 0 Å². The van der Waals surface area contributed by atoms with Crippen LogP contribution < -0.4 is 0 Å². The second-order valence-corrected chi connectivity index (χ2v) is 8.84. The first-order valence-electron chi connectivity index (χ1n) is 12.9. The molecule has 3 aromatic rings. The number of esters is 1. The summed E-state index contributed by atoms with van der Waals surface area (Å²) in [4.78, 5) is 14.7. The van der Waals surface area contributed by atoms with Gasteiger partial charge in [0, 0.05) is 11.3 Å². The Morgan fingerprint density at radius 1 is 0.846 bits per heavy atom. The molecular formula is C31H35N3O5. The van der Waals surface area contributed by atoms with Gasteiger partial charge in [0.15, 0.2) is 0 Å². The number of hydrogen-bond acceptors (Lipinski definition) is 6. The first-order chi connectivity index (χ1) is 19.2. The number of ether oxygens (including phenoxy) is 4. The summed E-state index contributed by atoms with van der Waals surface area (Å²) in [5, 5.41) is 4.06. The maximum atomic E-state index is 11.6. The highest BCUT2D eigenvalue weighted by Gasteiger charge is 2.30. The Labute approximate surface area is 229 Å². The van der Waals surface area contributed by atoms with Crippen LogP contribution in [0.3, 0.4) is 0 Å². The van der Waals surface area contributed by atoms with Crippen molar-refractivity contribution in [2.75, 3.05) is 13.7 Å². The fourth-order valence-corrected chi connectivity index (χ4v) is 3.88. The van der Waals surface area contributed by atoms with Gasteiger partial charge in [-0.3, -0.25) is 4.79 Å². The molecule has 0 heterocycles. The lowest BCUT2D eigenvalue weighted by atomic mass is 10.0. The molecule has 0 unspecified atom stereocenters. The molecule has 0 radical (unpaired) electrons. The van der Waals surface area contributed by atoms with E-state index in [1.807, 2.05) is 103 Å². The van der Waals surface area contributed by atoms with E-state index in [0.29, 0.717) is 26.2 Å². The molecule has 0 bridgehead atoms. The van der Waals surface area contributed by atoms with Crippen LogP contribution in [-0.2, 0) is 43.6 Å². The Balaban J connectivity index is 1.82. The molecule has 0 amide bonds. The molecule has 0 fully saturated rings. The van der Waals surface area contributed by atoms with Crippen LogP contribution in [0.15, 0.2) is 108 Å². The summed E-state index contributed by atoms with van der Waals surface area (Å²) in [6.45, 7) is 1.13. The minimum atomic E-state index is -0.673. The fraction of sp³-hybridized carbons (Fsp3) is 0.323. The van der Waals surface area contributed by atoms with Gasteiger partial charge in [0.2, 0.25) is 0 Å². The number of hydrogen-bond donors (Lipinski definition) is 0. The summed E-state index contributed by atoms with van der Waals surface area (Å²) in [6, 6.07) is 28.7. The van der Waals surface area contributed by atoms with Crippen LogP contribution in [0.5, 0.6) is 0 Å². The van der Waals surface area contributed by atoms with Gasteiger partial charge in [-0.2, -0.15) is 0 Å². The predicted molar refractivity (Wildman–Crippen MR) is 149 cm³/mol. The average Bonchev–Trinajstić information content (AvgIpc) is 2.99. The van der Waals surface area contributed by atoms with E-state index in [1.165, 1.54) is 7.11 Å². The van der Waals surface area contributed by atoms with Crippen LogP contribution in [0, 0.1) is 0 Å². The van der Waals surface area contributed by atoms with Crippen molar-refractivity contribution >= 4 is 5.97 Å². The number of allylic oxidation sites excluding steroid dienone is 1. The van der Waals surface area contributed by atoms with Crippen LogP contribution >= 0.6 is 0 Å². The minimum absolute atomic E-state index is 0.139. The maximum absolute atomic E-state index is 11.6. The van der Waals surface area contributed by atoms with Gasteiger partial charge in [0.05, 0.1) is 45.7 Å². The Morgan fingerprint density at radius 3 is 1.92 bits per heavy atom. The highest BCUT2D eigenvalue weighted by molar-refractivity contribution is 5.69. The topological polar surface area (TPSA) is 103 Å². The molecule has 0 aromatic heterocycles. The third kappa shape index (κ3) is 11.1. The third-order valence-electron chi connectivity index (χ3n) is 5.94. The smallest absolute Gasteiger partial charge is 0.305 e. The number of carbonyl (C=O) groups excluding carboxylic acids is 1. The van der Waals surface area contributed by atoms with E-state index in [0.717, 1.165) is 16.7 Å². The molecule has 3 rings (SSSR count). The molecule has 0 saturated carbocycles. The van der Waals surface area contributed by atoms with Crippen molar-refractivity contribution < 1.29 is 23.7 Å². The third-order valence-corrected chi connectivity index (χ3v) is 5.94. The summed E-state index contributed by atoms with van der Waals surface area (Å²) < 4.78 is 23.4. The van der Waals surface area contributed by atoms with Crippen molar-refractivity contribution in [2.45, 2.75) is 50.9 Å². The Bertz CT molecular complexity index is 1170. The second-order valence-electron chi connectivity index (χ2n) is 8.84. The normalized spacial score (nSPS) is 13.4. The maximum Gasteiger partial charge on any atom is 0.305 e. The van der Waals surface area contributed by atoms with Crippen molar-refractivity contribution in [3.05, 3.63) is 130 Å². The van der Waals surface area contributed by atoms with E-state index in [-0.39, 0.29) is 19.0 Å². The molecule has 204 valence electrons. The fourth-order valence-electron chi connectivity index (χ4n) is 3.88. The van der Waals surface area contributed by atoms with Gasteiger partial charge in [-0.1, -0.05) is 108 Å². The Kier molecular flexibility index (Phi) is 13.3. The Hall–Kier alpha value is -3.94. The zero-order chi connectivity index (χ0) is 27.5. The molecule has 0 N–H and O–H groups in total. The van der Waals surface area contributed by atoms with Crippen LogP contribution in [-0.4, -0.2) is 37.9 Å². The van der Waals surface area contributed by atoms with Crippen molar-refractivity contribution in [3.63, 3.8) is 0 Å². The quantitative estimate of drug-likeness (QED) is 0.0647. The lowest BCUT2D eigenvalue weighted by Gasteiger charge is -2.30. The number of carbonyl (C=O) groups is 1.